The van der Waals surface area contributed by atoms with Crippen LogP contribution in [0.25, 0.3) is 0 Å². The summed E-state index contributed by atoms with van der Waals surface area (Å²) in [5.41, 5.74) is 1.72. The number of esters is 1. The lowest BCUT2D eigenvalue weighted by Crippen LogP contribution is -2.29. The molecule has 6 heteroatoms. The number of aryl methyl sites for hydroxylation is 1. The van der Waals surface area contributed by atoms with E-state index in [4.69, 9.17) is 14.7 Å². The first-order valence-electron chi connectivity index (χ1n) is 6.49. The van der Waals surface area contributed by atoms with Gasteiger partial charge in [-0.15, -0.1) is 0 Å². The molecule has 1 N–H and O–H groups in total. The number of amides is 1. The highest BCUT2D eigenvalue weighted by Gasteiger charge is 2.12. The molecule has 0 saturated carbocycles. The normalized spacial score (nSPS) is 9.57. The molecule has 6 nitrogen and oxygen atoms in total. The average molecular weight is 290 g/mol. The second-order valence-electron chi connectivity index (χ2n) is 4.41. The number of nitrogens with zero attached hydrogens (tertiary/aromatic N) is 1. The van der Waals surface area contributed by atoms with Gasteiger partial charge in [0.15, 0.2) is 6.61 Å². The second-order valence-corrected chi connectivity index (χ2v) is 4.41. The monoisotopic (exact) mass is 290 g/mol. The molecule has 112 valence electrons. The highest BCUT2D eigenvalue weighted by atomic mass is 16.5. The average Bonchev–Trinajstić information content (AvgIpc) is 2.46. The number of nitrogens with one attached hydrogen (secondary N) is 1. The smallest absolute Gasteiger partial charge is 0.310 e. The van der Waals surface area contributed by atoms with Gasteiger partial charge < -0.3 is 14.8 Å². The molecule has 0 saturated heterocycles. The molecule has 1 amide bonds. The summed E-state index contributed by atoms with van der Waals surface area (Å²) in [4.78, 5) is 23.0. The van der Waals surface area contributed by atoms with Crippen molar-refractivity contribution in [3.8, 4) is 11.8 Å². The molecule has 0 fully saturated rings. The predicted octanol–water partition coefficient (Wildman–Crippen LogP) is 1.12. The van der Waals surface area contributed by atoms with E-state index in [1.165, 1.54) is 7.11 Å². The Hall–Kier alpha value is -2.55. The third-order valence-corrected chi connectivity index (χ3v) is 2.69. The lowest BCUT2D eigenvalue weighted by Gasteiger charge is -2.09. The summed E-state index contributed by atoms with van der Waals surface area (Å²) in [5.74, 6) is -0.319. The molecular formula is C15H18N2O4. The molecule has 1 aromatic rings. The van der Waals surface area contributed by atoms with E-state index in [1.807, 2.05) is 25.1 Å². The van der Waals surface area contributed by atoms with Crippen LogP contribution in [0.1, 0.15) is 17.5 Å². The Morgan fingerprint density at radius 1 is 1.38 bits per heavy atom. The van der Waals surface area contributed by atoms with Crippen molar-refractivity contribution in [2.75, 3.05) is 20.3 Å². The van der Waals surface area contributed by atoms with E-state index < -0.39 is 11.9 Å². The van der Waals surface area contributed by atoms with Crippen molar-refractivity contribution < 1.29 is 19.1 Å². The fourth-order valence-electron chi connectivity index (χ4n) is 1.71. The van der Waals surface area contributed by atoms with Crippen molar-refractivity contribution in [2.24, 2.45) is 0 Å². The van der Waals surface area contributed by atoms with Crippen LogP contribution < -0.4 is 10.1 Å². The summed E-state index contributed by atoms with van der Waals surface area (Å²) in [7, 11) is 1.53. The molecular weight excluding hydrogens is 272 g/mol. The molecule has 0 atom stereocenters. The third-order valence-electron chi connectivity index (χ3n) is 2.69. The number of methoxy groups -OCH3 is 1. The van der Waals surface area contributed by atoms with Crippen LogP contribution in [0.15, 0.2) is 18.2 Å². The number of benzene rings is 1. The standard InChI is InChI=1S/C15H18N2O4/c1-11-4-5-13(20-2)12(8-11)9-15(19)21-10-14(18)17-7-3-6-16/h4-5,8H,3,7,9-10H2,1-2H3,(H,17,18). The number of rotatable bonds is 7. The topological polar surface area (TPSA) is 88.4 Å². The maximum Gasteiger partial charge on any atom is 0.310 e. The van der Waals surface area contributed by atoms with E-state index in [2.05, 4.69) is 5.32 Å². The molecule has 0 aliphatic heterocycles. The van der Waals surface area contributed by atoms with Gasteiger partial charge in [-0.25, -0.2) is 0 Å². The van der Waals surface area contributed by atoms with Crippen LogP contribution in [0, 0.1) is 18.3 Å². The van der Waals surface area contributed by atoms with Gasteiger partial charge >= 0.3 is 5.97 Å². The molecule has 1 aromatic carbocycles. The second kappa shape index (κ2) is 8.59. The van der Waals surface area contributed by atoms with Crippen LogP contribution in [-0.2, 0) is 20.7 Å². The van der Waals surface area contributed by atoms with Crippen molar-refractivity contribution in [3.63, 3.8) is 0 Å². The Kier molecular flexibility index (Phi) is 6.75. The minimum absolute atomic E-state index is 0.0380. The van der Waals surface area contributed by atoms with Gasteiger partial charge in [0.2, 0.25) is 0 Å². The van der Waals surface area contributed by atoms with Crippen molar-refractivity contribution in [1.29, 1.82) is 5.26 Å². The highest BCUT2D eigenvalue weighted by Crippen LogP contribution is 2.20. The van der Waals surface area contributed by atoms with Crippen LogP contribution >= 0.6 is 0 Å². The van der Waals surface area contributed by atoms with Gasteiger partial charge in [0.25, 0.3) is 5.91 Å². The molecule has 1 rings (SSSR count). The molecule has 21 heavy (non-hydrogen) atoms. The minimum Gasteiger partial charge on any atom is -0.496 e. The molecule has 0 radical (unpaired) electrons. The molecule has 0 heterocycles. The van der Waals surface area contributed by atoms with Crippen molar-refractivity contribution in [2.45, 2.75) is 19.8 Å². The fourth-order valence-corrected chi connectivity index (χ4v) is 1.71. The maximum atomic E-state index is 11.7. The van der Waals surface area contributed by atoms with Crippen molar-refractivity contribution in [3.05, 3.63) is 29.3 Å². The van der Waals surface area contributed by atoms with Gasteiger partial charge in [-0.05, 0) is 13.0 Å². The van der Waals surface area contributed by atoms with Gasteiger partial charge in [-0.3, -0.25) is 9.59 Å². The predicted molar refractivity (Wildman–Crippen MR) is 75.6 cm³/mol. The fraction of sp³-hybridized carbons (Fsp3) is 0.400. The number of carbonyl (C=O) groups is 2. The lowest BCUT2D eigenvalue weighted by atomic mass is 10.1. The van der Waals surface area contributed by atoms with Crippen molar-refractivity contribution >= 4 is 11.9 Å². The van der Waals surface area contributed by atoms with E-state index in [0.29, 0.717) is 11.3 Å². The molecule has 0 aliphatic rings. The summed E-state index contributed by atoms with van der Waals surface area (Å²) in [5, 5.41) is 10.8. The SMILES string of the molecule is COc1ccc(C)cc1CC(=O)OCC(=O)NCCC#N. The van der Waals surface area contributed by atoms with E-state index in [0.717, 1.165) is 5.56 Å². The summed E-state index contributed by atoms with van der Waals surface area (Å²) < 4.78 is 10.1. The van der Waals surface area contributed by atoms with Crippen LogP contribution in [0.3, 0.4) is 0 Å². The first kappa shape index (κ1) is 16.5. The number of nitriles is 1. The van der Waals surface area contributed by atoms with Crippen LogP contribution in [0.5, 0.6) is 5.75 Å². The zero-order valence-electron chi connectivity index (χ0n) is 12.1. The highest BCUT2D eigenvalue weighted by molar-refractivity contribution is 5.81. The Bertz CT molecular complexity index is 549. The Morgan fingerprint density at radius 2 is 2.14 bits per heavy atom. The summed E-state index contributed by atoms with van der Waals surface area (Å²) in [6.07, 6.45) is 0.260. The largest absolute Gasteiger partial charge is 0.496 e. The number of hydrogen-bond acceptors (Lipinski definition) is 5. The first-order chi connectivity index (χ1) is 10.1. The van der Waals surface area contributed by atoms with E-state index in [1.54, 1.807) is 6.07 Å². The van der Waals surface area contributed by atoms with Gasteiger partial charge in [0.05, 0.1) is 26.0 Å². The molecule has 0 unspecified atom stereocenters. The number of hydrogen-bond donors (Lipinski definition) is 1. The minimum atomic E-state index is -0.505. The van der Waals surface area contributed by atoms with Gasteiger partial charge in [0, 0.05) is 12.1 Å². The summed E-state index contributed by atoms with van der Waals surface area (Å²) >= 11 is 0. The number of carbonyl (C=O) groups excluding carboxylic acids is 2. The first-order valence-corrected chi connectivity index (χ1v) is 6.49. The Labute approximate surface area is 123 Å². The van der Waals surface area contributed by atoms with E-state index >= 15 is 0 Å². The third kappa shape index (κ3) is 5.95. The summed E-state index contributed by atoms with van der Waals surface area (Å²) in [6, 6.07) is 7.41. The van der Waals surface area contributed by atoms with Crippen molar-refractivity contribution in [1.82, 2.24) is 5.32 Å². The van der Waals surface area contributed by atoms with E-state index in [9.17, 15) is 9.59 Å². The number of ether oxygens (including phenoxy) is 2. The van der Waals surface area contributed by atoms with Gasteiger partial charge in [0.1, 0.15) is 5.75 Å². The zero-order valence-corrected chi connectivity index (χ0v) is 12.1. The lowest BCUT2D eigenvalue weighted by molar-refractivity contribution is -0.147. The van der Waals surface area contributed by atoms with Gasteiger partial charge in [-0.2, -0.15) is 5.26 Å². The molecule has 0 aromatic heterocycles. The molecule has 0 bridgehead atoms. The Balaban J connectivity index is 2.45. The zero-order chi connectivity index (χ0) is 15.7. The Morgan fingerprint density at radius 3 is 2.81 bits per heavy atom. The quantitative estimate of drug-likeness (QED) is 0.600. The van der Waals surface area contributed by atoms with Gasteiger partial charge in [-0.1, -0.05) is 17.7 Å². The molecule has 0 spiro atoms. The van der Waals surface area contributed by atoms with E-state index in [-0.39, 0.29) is 26.0 Å². The summed E-state index contributed by atoms with van der Waals surface area (Å²) in [6.45, 7) is 1.81. The molecule has 0 aliphatic carbocycles. The van der Waals surface area contributed by atoms with Crippen LogP contribution in [-0.4, -0.2) is 32.1 Å². The van der Waals surface area contributed by atoms with Crippen LogP contribution in [0.4, 0.5) is 0 Å². The van der Waals surface area contributed by atoms with Crippen LogP contribution in [0.2, 0.25) is 0 Å². The maximum absolute atomic E-state index is 11.7.